The summed E-state index contributed by atoms with van der Waals surface area (Å²) in [4.78, 5) is 18.9. The van der Waals surface area contributed by atoms with Crippen LogP contribution in [0.4, 0.5) is 11.6 Å². The van der Waals surface area contributed by atoms with Crippen LogP contribution in [0.15, 0.2) is 69.4 Å². The molecule has 46 heavy (non-hydrogen) atoms. The predicted octanol–water partition coefficient (Wildman–Crippen LogP) is 9.76. The summed E-state index contributed by atoms with van der Waals surface area (Å²) in [5.41, 5.74) is 5.61. The standard InChI is InChI=1S/C34H36BrCl2N5O3S/c1-6-8-14-46-34-40-33-38-21(5)29(32(43)39-27-11-9-10-19(3)20(27)4)30(42(33)41-34)23-15-25(35)31(28(16-23)44-7-2)45-18-22-12-13-24(36)17-26(22)37/h9-13,15-17,30H,6-8,14,18H2,1-5H3,(H,39,43)(H,38,40,41). The number of unbranched alkanes of at least 4 members (excludes halogenated alkanes) is 1. The fourth-order valence-electron chi connectivity index (χ4n) is 5.12. The zero-order chi connectivity index (χ0) is 33.0. The summed E-state index contributed by atoms with van der Waals surface area (Å²) in [5, 5.41) is 13.1. The molecule has 4 aromatic rings. The van der Waals surface area contributed by atoms with Crippen molar-refractivity contribution in [3.8, 4) is 11.5 Å². The van der Waals surface area contributed by atoms with Gasteiger partial charge in [-0.05, 0) is 97.1 Å². The molecule has 0 spiro atoms. The highest BCUT2D eigenvalue weighted by atomic mass is 79.9. The van der Waals surface area contributed by atoms with E-state index in [1.54, 1.807) is 28.6 Å². The molecule has 242 valence electrons. The SMILES string of the molecule is CCCCSc1nc2n(n1)C(c1cc(Br)c(OCc3ccc(Cl)cc3Cl)c(OCC)c1)C(C(=O)Nc1cccc(C)c1C)=C(C)N2. The lowest BCUT2D eigenvalue weighted by Crippen LogP contribution is -2.31. The van der Waals surface area contributed by atoms with Gasteiger partial charge in [0.2, 0.25) is 11.1 Å². The molecule has 1 atom stereocenters. The third kappa shape index (κ3) is 7.51. The van der Waals surface area contributed by atoms with Gasteiger partial charge in [0.05, 0.1) is 16.7 Å². The average molecular weight is 746 g/mol. The van der Waals surface area contributed by atoms with Crippen LogP contribution in [0.1, 0.15) is 61.9 Å². The molecule has 12 heteroatoms. The van der Waals surface area contributed by atoms with Gasteiger partial charge >= 0.3 is 0 Å². The number of nitrogens with zero attached hydrogens (tertiary/aromatic N) is 3. The van der Waals surface area contributed by atoms with Gasteiger partial charge in [0.15, 0.2) is 11.5 Å². The summed E-state index contributed by atoms with van der Waals surface area (Å²) in [6.07, 6.45) is 2.14. The van der Waals surface area contributed by atoms with Crippen LogP contribution < -0.4 is 20.1 Å². The summed E-state index contributed by atoms with van der Waals surface area (Å²) in [6, 6.07) is 14.4. The number of fused-ring (bicyclic) bond motifs is 1. The number of anilines is 2. The Labute approximate surface area is 292 Å². The number of rotatable bonds is 12. The molecule has 0 saturated carbocycles. The summed E-state index contributed by atoms with van der Waals surface area (Å²) >= 11 is 17.8. The first-order chi connectivity index (χ1) is 22.1. The highest BCUT2D eigenvalue weighted by Gasteiger charge is 2.35. The van der Waals surface area contributed by atoms with E-state index in [1.807, 2.05) is 64.1 Å². The number of halogens is 3. The normalized spacial score (nSPS) is 14.1. The number of ether oxygens (including phenoxy) is 2. The number of hydrogen-bond donors (Lipinski definition) is 2. The zero-order valence-electron chi connectivity index (χ0n) is 26.3. The molecule has 1 aliphatic rings. The van der Waals surface area contributed by atoms with Gasteiger partial charge < -0.3 is 20.1 Å². The van der Waals surface area contributed by atoms with Crippen LogP contribution in [0.3, 0.4) is 0 Å². The molecule has 0 saturated heterocycles. The summed E-state index contributed by atoms with van der Waals surface area (Å²) in [7, 11) is 0. The van der Waals surface area contributed by atoms with E-state index in [0.29, 0.717) is 55.0 Å². The summed E-state index contributed by atoms with van der Waals surface area (Å²) < 4.78 is 14.8. The van der Waals surface area contributed by atoms with E-state index in [9.17, 15) is 4.79 Å². The highest BCUT2D eigenvalue weighted by Crippen LogP contribution is 2.44. The number of aryl methyl sites for hydroxylation is 1. The van der Waals surface area contributed by atoms with Crippen LogP contribution in [0.25, 0.3) is 0 Å². The molecule has 1 aromatic heterocycles. The second-order valence-electron chi connectivity index (χ2n) is 10.9. The van der Waals surface area contributed by atoms with E-state index in [-0.39, 0.29) is 12.5 Å². The molecular formula is C34H36BrCl2N5O3S. The van der Waals surface area contributed by atoms with Crippen molar-refractivity contribution < 1.29 is 14.3 Å². The quantitative estimate of drug-likeness (QED) is 0.110. The monoisotopic (exact) mass is 743 g/mol. The fraction of sp³-hybridized carbons (Fsp3) is 0.324. The fourth-order valence-corrected chi connectivity index (χ4v) is 7.07. The predicted molar refractivity (Wildman–Crippen MR) is 191 cm³/mol. The Morgan fingerprint density at radius 1 is 1.11 bits per heavy atom. The van der Waals surface area contributed by atoms with Crippen LogP contribution >= 0.6 is 50.9 Å². The first-order valence-electron chi connectivity index (χ1n) is 15.1. The van der Waals surface area contributed by atoms with E-state index in [2.05, 4.69) is 33.5 Å². The molecule has 1 amide bonds. The van der Waals surface area contributed by atoms with Gasteiger partial charge in [-0.3, -0.25) is 4.79 Å². The van der Waals surface area contributed by atoms with Gasteiger partial charge in [0.1, 0.15) is 12.6 Å². The van der Waals surface area contributed by atoms with Crippen molar-refractivity contribution in [3.63, 3.8) is 0 Å². The van der Waals surface area contributed by atoms with Crippen molar-refractivity contribution in [1.82, 2.24) is 14.8 Å². The molecule has 0 fully saturated rings. The second kappa shape index (κ2) is 15.2. The lowest BCUT2D eigenvalue weighted by Gasteiger charge is -2.29. The Balaban J connectivity index is 1.57. The number of aromatic nitrogens is 3. The number of benzene rings is 3. The van der Waals surface area contributed by atoms with Crippen LogP contribution in [0.2, 0.25) is 10.0 Å². The third-order valence-electron chi connectivity index (χ3n) is 7.69. The average Bonchev–Trinajstić information content (AvgIpc) is 3.41. The van der Waals surface area contributed by atoms with Crippen molar-refractivity contribution >= 4 is 68.4 Å². The van der Waals surface area contributed by atoms with Crippen LogP contribution in [-0.4, -0.2) is 33.0 Å². The number of amides is 1. The lowest BCUT2D eigenvalue weighted by atomic mass is 9.94. The minimum Gasteiger partial charge on any atom is -0.490 e. The van der Waals surface area contributed by atoms with Gasteiger partial charge in [-0.2, -0.15) is 4.98 Å². The van der Waals surface area contributed by atoms with Crippen LogP contribution in [-0.2, 0) is 11.4 Å². The van der Waals surface area contributed by atoms with Crippen molar-refractivity contribution in [3.05, 3.63) is 96.6 Å². The van der Waals surface area contributed by atoms with Crippen LogP contribution in [0, 0.1) is 13.8 Å². The smallest absolute Gasteiger partial charge is 0.255 e. The Hall–Kier alpha value is -3.18. The molecule has 3 aromatic carbocycles. The molecular weight excluding hydrogens is 709 g/mol. The van der Waals surface area contributed by atoms with E-state index in [0.717, 1.165) is 46.5 Å². The van der Waals surface area contributed by atoms with Gasteiger partial charge in [0, 0.05) is 32.7 Å². The molecule has 1 aliphatic heterocycles. The number of carbonyl (C=O) groups is 1. The first-order valence-corrected chi connectivity index (χ1v) is 17.6. The Kier molecular flexibility index (Phi) is 11.3. The molecule has 8 nitrogen and oxygen atoms in total. The van der Waals surface area contributed by atoms with E-state index >= 15 is 0 Å². The second-order valence-corrected chi connectivity index (χ2v) is 13.7. The van der Waals surface area contributed by atoms with Crippen molar-refractivity contribution in [2.75, 3.05) is 23.0 Å². The maximum Gasteiger partial charge on any atom is 0.255 e. The molecule has 0 aliphatic carbocycles. The molecule has 2 N–H and O–H groups in total. The number of allylic oxidation sites excluding steroid dienone is 1. The summed E-state index contributed by atoms with van der Waals surface area (Å²) in [5.74, 6) is 2.26. The molecule has 2 heterocycles. The first kappa shape index (κ1) is 34.2. The van der Waals surface area contributed by atoms with Gasteiger partial charge in [0.25, 0.3) is 5.91 Å². The molecule has 1 unspecified atom stereocenters. The van der Waals surface area contributed by atoms with Crippen molar-refractivity contribution in [2.24, 2.45) is 0 Å². The van der Waals surface area contributed by atoms with Gasteiger partial charge in [-0.1, -0.05) is 66.5 Å². The third-order valence-corrected chi connectivity index (χ3v) is 9.79. The van der Waals surface area contributed by atoms with Crippen molar-refractivity contribution in [1.29, 1.82) is 0 Å². The number of nitrogens with one attached hydrogen (secondary N) is 2. The van der Waals surface area contributed by atoms with Gasteiger partial charge in [-0.15, -0.1) is 5.10 Å². The zero-order valence-corrected chi connectivity index (χ0v) is 30.3. The van der Waals surface area contributed by atoms with E-state index in [4.69, 9.17) is 42.8 Å². The van der Waals surface area contributed by atoms with E-state index in [1.165, 1.54) is 0 Å². The van der Waals surface area contributed by atoms with Crippen LogP contribution in [0.5, 0.6) is 11.5 Å². The topological polar surface area (TPSA) is 90.3 Å². The minimum absolute atomic E-state index is 0.204. The maximum absolute atomic E-state index is 14.2. The number of hydrogen-bond acceptors (Lipinski definition) is 7. The highest BCUT2D eigenvalue weighted by molar-refractivity contribution is 9.10. The van der Waals surface area contributed by atoms with E-state index < -0.39 is 6.04 Å². The Morgan fingerprint density at radius 2 is 1.91 bits per heavy atom. The summed E-state index contributed by atoms with van der Waals surface area (Å²) in [6.45, 7) is 10.6. The Morgan fingerprint density at radius 3 is 2.65 bits per heavy atom. The number of thioether (sulfide) groups is 1. The molecule has 0 radical (unpaired) electrons. The number of carbonyl (C=O) groups excluding carboxylic acids is 1. The minimum atomic E-state index is -0.607. The van der Waals surface area contributed by atoms with Gasteiger partial charge in [-0.25, -0.2) is 4.68 Å². The Bertz CT molecular complexity index is 1790. The molecule has 5 rings (SSSR count). The lowest BCUT2D eigenvalue weighted by molar-refractivity contribution is -0.113. The molecule has 0 bridgehead atoms. The largest absolute Gasteiger partial charge is 0.490 e. The van der Waals surface area contributed by atoms with Crippen molar-refractivity contribution in [2.45, 2.75) is 65.3 Å². The maximum atomic E-state index is 14.2.